The molecule has 0 amide bonds. The normalized spacial score (nSPS) is 32.8. The van der Waals surface area contributed by atoms with Gasteiger partial charge in [0.25, 0.3) is 0 Å². The highest BCUT2D eigenvalue weighted by Gasteiger charge is 2.39. The van der Waals surface area contributed by atoms with E-state index in [0.29, 0.717) is 11.5 Å². The summed E-state index contributed by atoms with van der Waals surface area (Å²) in [4.78, 5) is 2.82. The minimum atomic E-state index is 0.379. The van der Waals surface area contributed by atoms with Crippen molar-refractivity contribution in [3.05, 3.63) is 0 Å². The molecule has 2 atom stereocenters. The van der Waals surface area contributed by atoms with Gasteiger partial charge in [-0.3, -0.25) is 4.90 Å². The summed E-state index contributed by atoms with van der Waals surface area (Å²) in [6, 6.07) is 2.28. The summed E-state index contributed by atoms with van der Waals surface area (Å²) in [5, 5.41) is 3.78. The van der Waals surface area contributed by atoms with Gasteiger partial charge in [-0.25, -0.2) is 0 Å². The van der Waals surface area contributed by atoms with Crippen LogP contribution in [0.15, 0.2) is 0 Å². The highest BCUT2D eigenvalue weighted by atomic mass is 15.3. The van der Waals surface area contributed by atoms with Crippen LogP contribution in [0.4, 0.5) is 0 Å². The Bertz CT molecular complexity index is 250. The summed E-state index contributed by atoms with van der Waals surface area (Å²) in [7, 11) is 0. The van der Waals surface area contributed by atoms with E-state index < -0.39 is 0 Å². The maximum absolute atomic E-state index is 3.78. The van der Waals surface area contributed by atoms with Crippen LogP contribution in [0.25, 0.3) is 0 Å². The highest BCUT2D eigenvalue weighted by molar-refractivity contribution is 4.97. The molecule has 0 aromatic heterocycles. The third-order valence-electron chi connectivity index (χ3n) is 4.75. The Morgan fingerprint density at radius 1 is 1.18 bits per heavy atom. The van der Waals surface area contributed by atoms with Crippen LogP contribution >= 0.6 is 0 Å². The average molecular weight is 238 g/mol. The molecule has 0 aromatic rings. The molecule has 2 rings (SSSR count). The van der Waals surface area contributed by atoms with Gasteiger partial charge in [-0.15, -0.1) is 0 Å². The molecule has 2 aliphatic rings. The third kappa shape index (κ3) is 2.85. The first-order chi connectivity index (χ1) is 7.89. The number of hydrogen-bond acceptors (Lipinski definition) is 2. The molecule has 1 heterocycles. The number of hydrogen-bond donors (Lipinski definition) is 1. The van der Waals surface area contributed by atoms with Crippen LogP contribution in [-0.2, 0) is 0 Å². The quantitative estimate of drug-likeness (QED) is 0.796. The molecular formula is C15H30N2. The fourth-order valence-electron chi connectivity index (χ4n) is 3.13. The molecule has 0 spiro atoms. The van der Waals surface area contributed by atoms with Crippen molar-refractivity contribution in [1.29, 1.82) is 0 Å². The van der Waals surface area contributed by atoms with Crippen LogP contribution in [-0.4, -0.2) is 36.1 Å². The van der Waals surface area contributed by atoms with E-state index in [1.165, 1.54) is 32.4 Å². The van der Waals surface area contributed by atoms with Crippen molar-refractivity contribution in [2.45, 2.75) is 72.0 Å². The average Bonchev–Trinajstić information content (AvgIpc) is 2.13. The molecule has 2 nitrogen and oxygen atoms in total. The molecule has 2 heteroatoms. The van der Waals surface area contributed by atoms with Crippen molar-refractivity contribution in [2.75, 3.05) is 13.1 Å². The summed E-state index contributed by atoms with van der Waals surface area (Å²) in [5.41, 5.74) is 0.379. The van der Waals surface area contributed by atoms with Gasteiger partial charge in [0, 0.05) is 31.2 Å². The van der Waals surface area contributed by atoms with E-state index in [2.05, 4.69) is 44.8 Å². The van der Waals surface area contributed by atoms with Gasteiger partial charge >= 0.3 is 0 Å². The molecule has 1 N–H and O–H groups in total. The Morgan fingerprint density at radius 2 is 1.82 bits per heavy atom. The molecule has 1 aliphatic carbocycles. The second kappa shape index (κ2) is 4.89. The van der Waals surface area contributed by atoms with Crippen LogP contribution in [0.1, 0.15) is 53.9 Å². The molecule has 0 radical (unpaired) electrons. The Kier molecular flexibility index (Phi) is 3.84. The molecule has 17 heavy (non-hydrogen) atoms. The lowest BCUT2D eigenvalue weighted by atomic mass is 9.81. The minimum Gasteiger partial charge on any atom is -0.311 e. The topological polar surface area (TPSA) is 15.3 Å². The predicted molar refractivity (Wildman–Crippen MR) is 74.2 cm³/mol. The van der Waals surface area contributed by atoms with Crippen LogP contribution in [0.2, 0.25) is 0 Å². The maximum Gasteiger partial charge on any atom is 0.0247 e. The fourth-order valence-corrected chi connectivity index (χ4v) is 3.13. The zero-order valence-electron chi connectivity index (χ0n) is 12.3. The monoisotopic (exact) mass is 238 g/mol. The van der Waals surface area contributed by atoms with E-state index in [0.717, 1.165) is 18.0 Å². The Hall–Kier alpha value is -0.0800. The first-order valence-electron chi connectivity index (χ1n) is 7.38. The summed E-state index contributed by atoms with van der Waals surface area (Å²) in [6.45, 7) is 14.2. The molecule has 100 valence electrons. The molecule has 2 unspecified atom stereocenters. The SMILES string of the molecule is CC(C)C1CNC(C(C)(C)C)CN1C1CCC1. The lowest BCUT2D eigenvalue weighted by molar-refractivity contribution is 0.00201. The van der Waals surface area contributed by atoms with Gasteiger partial charge in [0.05, 0.1) is 0 Å². The minimum absolute atomic E-state index is 0.379. The summed E-state index contributed by atoms with van der Waals surface area (Å²) in [6.07, 6.45) is 4.31. The van der Waals surface area contributed by atoms with Crippen molar-refractivity contribution < 1.29 is 0 Å². The molecule has 1 saturated heterocycles. The number of piperazine rings is 1. The largest absolute Gasteiger partial charge is 0.311 e. The zero-order valence-corrected chi connectivity index (χ0v) is 12.3. The fraction of sp³-hybridized carbons (Fsp3) is 1.00. The second-order valence-corrected chi connectivity index (χ2v) is 7.42. The van der Waals surface area contributed by atoms with Crippen molar-refractivity contribution in [3.63, 3.8) is 0 Å². The lowest BCUT2D eigenvalue weighted by Gasteiger charge is -2.51. The lowest BCUT2D eigenvalue weighted by Crippen LogP contribution is -2.64. The third-order valence-corrected chi connectivity index (χ3v) is 4.75. The van der Waals surface area contributed by atoms with Crippen LogP contribution in [0.3, 0.4) is 0 Å². The summed E-state index contributed by atoms with van der Waals surface area (Å²) >= 11 is 0. The summed E-state index contributed by atoms with van der Waals surface area (Å²) in [5.74, 6) is 0.768. The predicted octanol–water partition coefficient (Wildman–Crippen LogP) is 2.88. The van der Waals surface area contributed by atoms with Gasteiger partial charge in [0.15, 0.2) is 0 Å². The Morgan fingerprint density at radius 3 is 2.24 bits per heavy atom. The molecule has 0 aromatic carbocycles. The van der Waals surface area contributed by atoms with E-state index in [1.54, 1.807) is 0 Å². The van der Waals surface area contributed by atoms with E-state index in [9.17, 15) is 0 Å². The van der Waals surface area contributed by atoms with E-state index in [-0.39, 0.29) is 0 Å². The van der Waals surface area contributed by atoms with E-state index >= 15 is 0 Å². The maximum atomic E-state index is 3.78. The molecule has 0 bridgehead atoms. The second-order valence-electron chi connectivity index (χ2n) is 7.42. The first-order valence-corrected chi connectivity index (χ1v) is 7.38. The van der Waals surface area contributed by atoms with E-state index in [4.69, 9.17) is 0 Å². The highest BCUT2D eigenvalue weighted by Crippen LogP contribution is 2.33. The van der Waals surface area contributed by atoms with E-state index in [1.807, 2.05) is 0 Å². The van der Waals surface area contributed by atoms with Gasteiger partial charge in [-0.1, -0.05) is 41.0 Å². The van der Waals surface area contributed by atoms with Crippen molar-refractivity contribution in [3.8, 4) is 0 Å². The van der Waals surface area contributed by atoms with Gasteiger partial charge in [0.1, 0.15) is 0 Å². The number of nitrogens with one attached hydrogen (secondary N) is 1. The Balaban J connectivity index is 2.04. The number of rotatable bonds is 2. The van der Waals surface area contributed by atoms with Crippen LogP contribution < -0.4 is 5.32 Å². The molecule has 1 saturated carbocycles. The van der Waals surface area contributed by atoms with Gasteiger partial charge in [-0.2, -0.15) is 0 Å². The van der Waals surface area contributed by atoms with Crippen molar-refractivity contribution >= 4 is 0 Å². The summed E-state index contributed by atoms with van der Waals surface area (Å²) < 4.78 is 0. The van der Waals surface area contributed by atoms with Crippen molar-refractivity contribution in [1.82, 2.24) is 10.2 Å². The zero-order chi connectivity index (χ0) is 12.6. The molecule has 2 fully saturated rings. The van der Waals surface area contributed by atoms with Crippen LogP contribution in [0.5, 0.6) is 0 Å². The first kappa shape index (κ1) is 13.4. The smallest absolute Gasteiger partial charge is 0.0247 e. The van der Waals surface area contributed by atoms with Crippen LogP contribution in [0, 0.1) is 11.3 Å². The molecule has 1 aliphatic heterocycles. The van der Waals surface area contributed by atoms with Crippen molar-refractivity contribution in [2.24, 2.45) is 11.3 Å². The number of nitrogens with zero attached hydrogens (tertiary/aromatic N) is 1. The Labute approximate surface area is 107 Å². The van der Waals surface area contributed by atoms with Gasteiger partial charge < -0.3 is 5.32 Å². The standard InChI is InChI=1S/C15H30N2/c1-11(2)13-9-16-14(15(3,4)5)10-17(13)12-7-6-8-12/h11-14,16H,6-10H2,1-5H3. The molecular weight excluding hydrogens is 208 g/mol. The van der Waals surface area contributed by atoms with Gasteiger partial charge in [0.2, 0.25) is 0 Å². The van der Waals surface area contributed by atoms with Gasteiger partial charge in [-0.05, 0) is 24.2 Å².